The first kappa shape index (κ1) is 31.0. The number of alkyl halides is 6. The predicted octanol–water partition coefficient (Wildman–Crippen LogP) is 5.92. The van der Waals surface area contributed by atoms with Gasteiger partial charge in [0.05, 0.1) is 28.4 Å². The lowest BCUT2D eigenvalue weighted by Gasteiger charge is -2.39. The maximum atomic E-state index is 13.6. The molecule has 0 spiro atoms. The first-order valence-corrected chi connectivity index (χ1v) is 13.4. The van der Waals surface area contributed by atoms with Crippen molar-refractivity contribution in [3.8, 4) is 22.6 Å². The van der Waals surface area contributed by atoms with Crippen molar-refractivity contribution in [3.63, 3.8) is 0 Å². The highest BCUT2D eigenvalue weighted by molar-refractivity contribution is 6.32. The van der Waals surface area contributed by atoms with Gasteiger partial charge in [0.25, 0.3) is 11.8 Å². The van der Waals surface area contributed by atoms with Crippen molar-refractivity contribution in [1.82, 2.24) is 9.80 Å². The Labute approximate surface area is 251 Å². The highest BCUT2D eigenvalue weighted by Crippen LogP contribution is 2.36. The average Bonchev–Trinajstić information content (AvgIpc) is 3.04. The SMILES string of the molecule is Cc1ccc(C(F)(F)F)cc1-c1ccc2c(c1)C(=O)N1CCN(C(=O)COc3ccc(OC(F)(F)F)cc3Cl)C[C@H]1C(=O)N2. The number of fused-ring (bicyclic) bond motifs is 2. The van der Waals surface area contributed by atoms with Crippen LogP contribution in [0.1, 0.15) is 21.5 Å². The largest absolute Gasteiger partial charge is 0.573 e. The maximum absolute atomic E-state index is 13.6. The Morgan fingerprint density at radius 1 is 0.977 bits per heavy atom. The molecule has 1 atom stereocenters. The minimum atomic E-state index is -4.92. The summed E-state index contributed by atoms with van der Waals surface area (Å²) in [5.74, 6) is -2.31. The van der Waals surface area contributed by atoms with E-state index in [4.69, 9.17) is 16.3 Å². The molecule has 232 valence electrons. The third-order valence-corrected chi connectivity index (χ3v) is 7.46. The van der Waals surface area contributed by atoms with Crippen LogP contribution in [0.15, 0.2) is 54.6 Å². The van der Waals surface area contributed by atoms with Crippen molar-refractivity contribution in [3.05, 3.63) is 76.3 Å². The summed E-state index contributed by atoms with van der Waals surface area (Å²) in [6.45, 7) is 0.914. The molecule has 1 N–H and O–H groups in total. The number of carbonyl (C=O) groups excluding carboxylic acids is 3. The summed E-state index contributed by atoms with van der Waals surface area (Å²) in [5.41, 5.74) is 0.619. The van der Waals surface area contributed by atoms with Gasteiger partial charge in [0, 0.05) is 19.2 Å². The molecule has 3 amide bonds. The molecule has 1 fully saturated rings. The lowest BCUT2D eigenvalue weighted by atomic mass is 9.95. The zero-order chi connectivity index (χ0) is 32.0. The number of halogens is 7. The first-order chi connectivity index (χ1) is 20.6. The third kappa shape index (κ3) is 6.54. The fourth-order valence-electron chi connectivity index (χ4n) is 4.98. The van der Waals surface area contributed by atoms with Crippen LogP contribution in [0.4, 0.5) is 32.0 Å². The van der Waals surface area contributed by atoms with Gasteiger partial charge in [-0.15, -0.1) is 13.2 Å². The van der Waals surface area contributed by atoms with Crippen molar-refractivity contribution in [1.29, 1.82) is 0 Å². The van der Waals surface area contributed by atoms with Gasteiger partial charge in [0.2, 0.25) is 5.91 Å². The van der Waals surface area contributed by atoms with E-state index in [9.17, 15) is 40.7 Å². The number of nitrogens with one attached hydrogen (secondary N) is 1. The molecule has 0 bridgehead atoms. The van der Waals surface area contributed by atoms with E-state index < -0.39 is 54.2 Å². The standard InChI is InChI=1S/C29H22ClF6N3O5/c1-15-2-4-17(28(31,32)33)11-19(15)16-3-6-22-20(10-16)27(42)39-9-8-38(13-23(39)26(41)37-22)25(40)14-43-24-7-5-18(12-21(24)30)44-29(34,35)36/h2-7,10-12,23H,8-9,13-14H2,1H3,(H,37,41)/t23-/m0/s1. The summed E-state index contributed by atoms with van der Waals surface area (Å²) in [4.78, 5) is 42.2. The molecule has 5 rings (SSSR count). The number of hydrogen-bond donors (Lipinski definition) is 1. The molecule has 15 heteroatoms. The fourth-order valence-corrected chi connectivity index (χ4v) is 5.21. The lowest BCUT2D eigenvalue weighted by Crippen LogP contribution is -2.60. The number of carbonyl (C=O) groups is 3. The Balaban J connectivity index is 1.29. The maximum Gasteiger partial charge on any atom is 0.573 e. The van der Waals surface area contributed by atoms with E-state index >= 15 is 0 Å². The van der Waals surface area contributed by atoms with Gasteiger partial charge >= 0.3 is 12.5 Å². The highest BCUT2D eigenvalue weighted by atomic mass is 35.5. The normalized spacial score (nSPS) is 17.0. The molecule has 2 heterocycles. The van der Waals surface area contributed by atoms with Crippen molar-refractivity contribution >= 4 is 35.0 Å². The van der Waals surface area contributed by atoms with Crippen LogP contribution in [0.3, 0.4) is 0 Å². The molecule has 3 aromatic carbocycles. The number of piperazine rings is 1. The molecular formula is C29H22ClF6N3O5. The van der Waals surface area contributed by atoms with E-state index in [0.717, 1.165) is 30.3 Å². The second kappa shape index (κ2) is 11.6. The molecule has 2 aliphatic rings. The monoisotopic (exact) mass is 641 g/mol. The van der Waals surface area contributed by atoms with Crippen LogP contribution in [0.5, 0.6) is 11.5 Å². The average molecular weight is 642 g/mol. The molecule has 3 aromatic rings. The second-order valence-electron chi connectivity index (χ2n) is 10.1. The fraction of sp³-hybridized carbons (Fsp3) is 0.276. The van der Waals surface area contributed by atoms with E-state index in [1.165, 1.54) is 34.1 Å². The van der Waals surface area contributed by atoms with Gasteiger partial charge in [0.15, 0.2) is 6.61 Å². The van der Waals surface area contributed by atoms with Crippen molar-refractivity contribution in [2.75, 3.05) is 31.6 Å². The quantitative estimate of drug-likeness (QED) is 0.350. The van der Waals surface area contributed by atoms with Crippen LogP contribution >= 0.6 is 11.6 Å². The lowest BCUT2D eigenvalue weighted by molar-refractivity contribution is -0.274. The van der Waals surface area contributed by atoms with E-state index in [1.807, 2.05) is 0 Å². The number of hydrogen-bond acceptors (Lipinski definition) is 5. The molecule has 0 radical (unpaired) electrons. The van der Waals surface area contributed by atoms with Crippen molar-refractivity contribution in [2.45, 2.75) is 25.5 Å². The van der Waals surface area contributed by atoms with Gasteiger partial charge in [-0.05, 0) is 60.0 Å². The van der Waals surface area contributed by atoms with E-state index in [2.05, 4.69) is 10.1 Å². The van der Waals surface area contributed by atoms with E-state index in [1.54, 1.807) is 6.92 Å². The van der Waals surface area contributed by atoms with Crippen LogP contribution in [0, 0.1) is 6.92 Å². The summed E-state index contributed by atoms with van der Waals surface area (Å²) < 4.78 is 86.5. The van der Waals surface area contributed by atoms with Crippen molar-refractivity contribution < 1.29 is 50.2 Å². The Bertz CT molecular complexity index is 1640. The summed E-state index contributed by atoms with van der Waals surface area (Å²) in [6.07, 6.45) is -9.48. The molecule has 2 aliphatic heterocycles. The molecule has 0 unspecified atom stereocenters. The van der Waals surface area contributed by atoms with Crippen LogP contribution in [0.25, 0.3) is 11.1 Å². The number of anilines is 1. The zero-order valence-electron chi connectivity index (χ0n) is 22.7. The number of rotatable bonds is 5. The smallest absolute Gasteiger partial charge is 0.482 e. The van der Waals surface area contributed by atoms with Crippen LogP contribution in [-0.4, -0.2) is 66.2 Å². The Morgan fingerprint density at radius 2 is 1.73 bits per heavy atom. The summed E-state index contributed by atoms with van der Waals surface area (Å²) in [6, 6.07) is 9.60. The number of ether oxygens (including phenoxy) is 2. The van der Waals surface area contributed by atoms with Crippen LogP contribution < -0.4 is 14.8 Å². The Hall–Kier alpha value is -4.46. The van der Waals surface area contributed by atoms with Crippen molar-refractivity contribution in [2.24, 2.45) is 0 Å². The first-order valence-electron chi connectivity index (χ1n) is 13.0. The second-order valence-corrected chi connectivity index (χ2v) is 10.5. The van der Waals surface area contributed by atoms with E-state index in [0.29, 0.717) is 11.1 Å². The molecule has 1 saturated heterocycles. The molecule has 44 heavy (non-hydrogen) atoms. The van der Waals surface area contributed by atoms with Gasteiger partial charge in [-0.1, -0.05) is 23.7 Å². The third-order valence-electron chi connectivity index (χ3n) is 7.17. The van der Waals surface area contributed by atoms with Crippen LogP contribution in [0.2, 0.25) is 5.02 Å². The van der Waals surface area contributed by atoms with Crippen LogP contribution in [-0.2, 0) is 15.8 Å². The summed E-state index contributed by atoms with van der Waals surface area (Å²) in [7, 11) is 0. The number of amides is 3. The molecule has 8 nitrogen and oxygen atoms in total. The van der Waals surface area contributed by atoms with E-state index in [-0.39, 0.29) is 47.2 Å². The molecule has 0 aromatic heterocycles. The van der Waals surface area contributed by atoms with Gasteiger partial charge in [-0.25, -0.2) is 0 Å². The van der Waals surface area contributed by atoms with Gasteiger partial charge in [-0.2, -0.15) is 13.2 Å². The van der Waals surface area contributed by atoms with Gasteiger partial charge < -0.3 is 24.6 Å². The number of benzene rings is 3. The number of aryl methyl sites for hydroxylation is 1. The van der Waals surface area contributed by atoms with Gasteiger partial charge in [0.1, 0.15) is 17.5 Å². The molecular weight excluding hydrogens is 620 g/mol. The zero-order valence-corrected chi connectivity index (χ0v) is 23.4. The van der Waals surface area contributed by atoms with Gasteiger partial charge in [-0.3, -0.25) is 14.4 Å². The minimum Gasteiger partial charge on any atom is -0.482 e. The predicted molar refractivity (Wildman–Crippen MR) is 145 cm³/mol. The summed E-state index contributed by atoms with van der Waals surface area (Å²) in [5, 5.41) is 2.44. The Morgan fingerprint density at radius 3 is 2.41 bits per heavy atom. The topological polar surface area (TPSA) is 88.2 Å². The highest BCUT2D eigenvalue weighted by Gasteiger charge is 2.41. The summed E-state index contributed by atoms with van der Waals surface area (Å²) >= 11 is 5.96. The Kier molecular flexibility index (Phi) is 8.14. The molecule has 0 saturated carbocycles. The molecule has 0 aliphatic carbocycles. The number of nitrogens with zero attached hydrogens (tertiary/aromatic N) is 2. The minimum absolute atomic E-state index is 0.0286.